The van der Waals surface area contributed by atoms with Crippen molar-refractivity contribution in [3.63, 3.8) is 0 Å². The summed E-state index contributed by atoms with van der Waals surface area (Å²) in [5, 5.41) is 2.88. The fourth-order valence-corrected chi connectivity index (χ4v) is 2.92. The van der Waals surface area contributed by atoms with Gasteiger partial charge in [0.1, 0.15) is 11.3 Å². The number of amides is 1. The molecule has 4 rings (SSSR count). The van der Waals surface area contributed by atoms with Crippen molar-refractivity contribution in [3.05, 3.63) is 76.8 Å². The highest BCUT2D eigenvalue weighted by Crippen LogP contribution is 2.27. The minimum atomic E-state index is -0.163. The van der Waals surface area contributed by atoms with Crippen LogP contribution in [0.2, 0.25) is 0 Å². The maximum Gasteiger partial charge on any atom is 0.255 e. The van der Waals surface area contributed by atoms with E-state index in [1.54, 1.807) is 19.2 Å². The lowest BCUT2D eigenvalue weighted by molar-refractivity contribution is 0.102. The molecular weight excluding hydrogens is 408 g/mol. The highest BCUT2D eigenvalue weighted by molar-refractivity contribution is 9.10. The third-order valence-corrected chi connectivity index (χ3v) is 4.62. The molecule has 1 amide bonds. The molecule has 27 heavy (non-hydrogen) atoms. The molecule has 0 aliphatic heterocycles. The van der Waals surface area contributed by atoms with E-state index in [4.69, 9.17) is 9.15 Å². The van der Waals surface area contributed by atoms with Gasteiger partial charge in [-0.3, -0.25) is 4.79 Å². The van der Waals surface area contributed by atoms with Crippen LogP contribution in [0.5, 0.6) is 5.75 Å². The van der Waals surface area contributed by atoms with Crippen LogP contribution < -0.4 is 10.1 Å². The number of nitrogens with zero attached hydrogens (tertiary/aromatic N) is 1. The number of anilines is 1. The molecule has 1 heterocycles. The second kappa shape index (κ2) is 7.25. The highest BCUT2D eigenvalue weighted by atomic mass is 79.9. The summed E-state index contributed by atoms with van der Waals surface area (Å²) in [4.78, 5) is 16.8. The predicted molar refractivity (Wildman–Crippen MR) is 108 cm³/mol. The number of hydrogen-bond acceptors (Lipinski definition) is 4. The van der Waals surface area contributed by atoms with Crippen molar-refractivity contribution in [2.24, 2.45) is 0 Å². The van der Waals surface area contributed by atoms with Crippen molar-refractivity contribution in [1.29, 1.82) is 0 Å². The van der Waals surface area contributed by atoms with Crippen LogP contribution in [0.4, 0.5) is 5.69 Å². The Labute approximate surface area is 164 Å². The van der Waals surface area contributed by atoms with E-state index in [1.807, 2.05) is 54.6 Å². The van der Waals surface area contributed by atoms with Crippen LogP contribution in [0, 0.1) is 0 Å². The number of ether oxygens (including phenoxy) is 1. The van der Waals surface area contributed by atoms with Gasteiger partial charge in [-0.25, -0.2) is 4.98 Å². The quantitative estimate of drug-likeness (QED) is 0.470. The predicted octanol–water partition coefficient (Wildman–Crippen LogP) is 5.52. The SMILES string of the molecule is COc1ccc2oc(-c3ccc(NC(=O)c4ccc(Br)cc4)cc3)nc2c1. The number of methoxy groups -OCH3 is 1. The van der Waals surface area contributed by atoms with E-state index in [1.165, 1.54) is 0 Å². The minimum absolute atomic E-state index is 0.163. The van der Waals surface area contributed by atoms with Crippen LogP contribution in [-0.4, -0.2) is 18.0 Å². The molecule has 1 N–H and O–H groups in total. The first kappa shape index (κ1) is 17.3. The van der Waals surface area contributed by atoms with Crippen LogP contribution in [0.15, 0.2) is 75.6 Å². The Morgan fingerprint density at radius 1 is 1.04 bits per heavy atom. The van der Waals surface area contributed by atoms with E-state index in [0.717, 1.165) is 21.3 Å². The molecule has 6 heteroatoms. The van der Waals surface area contributed by atoms with Crippen LogP contribution in [-0.2, 0) is 0 Å². The number of fused-ring (bicyclic) bond motifs is 1. The zero-order valence-corrected chi connectivity index (χ0v) is 16.0. The highest BCUT2D eigenvalue weighted by Gasteiger charge is 2.10. The second-order valence-corrected chi connectivity index (χ2v) is 6.81. The summed E-state index contributed by atoms with van der Waals surface area (Å²) < 4.78 is 11.9. The number of aromatic nitrogens is 1. The Balaban J connectivity index is 1.53. The molecule has 0 bridgehead atoms. The van der Waals surface area contributed by atoms with Gasteiger partial charge in [0.05, 0.1) is 7.11 Å². The molecular formula is C21H15BrN2O3. The van der Waals surface area contributed by atoms with Gasteiger partial charge in [-0.05, 0) is 60.7 Å². The standard InChI is InChI=1S/C21H15BrN2O3/c1-26-17-10-11-19-18(12-17)24-21(27-19)14-4-8-16(9-5-14)23-20(25)13-2-6-15(22)7-3-13/h2-12H,1H3,(H,23,25). The molecule has 4 aromatic rings. The summed E-state index contributed by atoms with van der Waals surface area (Å²) in [6.45, 7) is 0. The first-order valence-electron chi connectivity index (χ1n) is 8.24. The summed E-state index contributed by atoms with van der Waals surface area (Å²) in [7, 11) is 1.61. The van der Waals surface area contributed by atoms with E-state index in [0.29, 0.717) is 22.7 Å². The third-order valence-electron chi connectivity index (χ3n) is 4.09. The molecule has 5 nitrogen and oxygen atoms in total. The topological polar surface area (TPSA) is 64.4 Å². The number of nitrogens with one attached hydrogen (secondary N) is 1. The van der Waals surface area contributed by atoms with Gasteiger partial charge in [0, 0.05) is 27.4 Å². The normalized spacial score (nSPS) is 10.7. The molecule has 3 aromatic carbocycles. The van der Waals surface area contributed by atoms with Crippen molar-refractivity contribution in [3.8, 4) is 17.2 Å². The summed E-state index contributed by atoms with van der Waals surface area (Å²) in [6.07, 6.45) is 0. The lowest BCUT2D eigenvalue weighted by Crippen LogP contribution is -2.11. The number of carbonyl (C=O) groups is 1. The summed E-state index contributed by atoms with van der Waals surface area (Å²) in [5.74, 6) is 1.08. The van der Waals surface area contributed by atoms with Crippen molar-refractivity contribution in [1.82, 2.24) is 4.98 Å². The molecule has 134 valence electrons. The van der Waals surface area contributed by atoms with Crippen molar-refractivity contribution < 1.29 is 13.9 Å². The molecule has 1 aromatic heterocycles. The maximum absolute atomic E-state index is 12.3. The number of benzene rings is 3. The van der Waals surface area contributed by atoms with Gasteiger partial charge in [0.2, 0.25) is 5.89 Å². The molecule has 0 aliphatic rings. The Morgan fingerprint density at radius 3 is 2.48 bits per heavy atom. The molecule has 0 spiro atoms. The first-order valence-corrected chi connectivity index (χ1v) is 9.03. The number of oxazole rings is 1. The number of halogens is 1. The fourth-order valence-electron chi connectivity index (χ4n) is 2.66. The molecule has 0 saturated carbocycles. The van der Waals surface area contributed by atoms with Crippen LogP contribution >= 0.6 is 15.9 Å². The zero-order chi connectivity index (χ0) is 18.8. The third kappa shape index (κ3) is 3.71. The minimum Gasteiger partial charge on any atom is -0.497 e. The second-order valence-electron chi connectivity index (χ2n) is 5.89. The van der Waals surface area contributed by atoms with Gasteiger partial charge < -0.3 is 14.5 Å². The van der Waals surface area contributed by atoms with Crippen LogP contribution in [0.25, 0.3) is 22.6 Å². The first-order chi connectivity index (χ1) is 13.1. The summed E-state index contributed by atoms with van der Waals surface area (Å²) >= 11 is 3.36. The Kier molecular flexibility index (Phi) is 4.64. The summed E-state index contributed by atoms with van der Waals surface area (Å²) in [5.41, 5.74) is 3.54. The molecule has 0 saturated heterocycles. The maximum atomic E-state index is 12.3. The van der Waals surface area contributed by atoms with E-state index in [9.17, 15) is 4.79 Å². The smallest absolute Gasteiger partial charge is 0.255 e. The van der Waals surface area contributed by atoms with E-state index in [2.05, 4.69) is 26.2 Å². The van der Waals surface area contributed by atoms with Gasteiger partial charge in [-0.2, -0.15) is 0 Å². The lowest BCUT2D eigenvalue weighted by atomic mass is 10.2. The van der Waals surface area contributed by atoms with E-state index < -0.39 is 0 Å². The fraction of sp³-hybridized carbons (Fsp3) is 0.0476. The Hall–Kier alpha value is -3.12. The molecule has 0 aliphatic carbocycles. The van der Waals surface area contributed by atoms with Gasteiger partial charge in [-0.1, -0.05) is 15.9 Å². The number of hydrogen-bond donors (Lipinski definition) is 1. The van der Waals surface area contributed by atoms with Crippen LogP contribution in [0.3, 0.4) is 0 Å². The van der Waals surface area contributed by atoms with Gasteiger partial charge in [-0.15, -0.1) is 0 Å². The average Bonchev–Trinajstić information content (AvgIpc) is 3.12. The molecule has 0 unspecified atom stereocenters. The number of rotatable bonds is 4. The molecule has 0 atom stereocenters. The number of carbonyl (C=O) groups excluding carboxylic acids is 1. The average molecular weight is 423 g/mol. The van der Waals surface area contributed by atoms with Gasteiger partial charge in [0.25, 0.3) is 5.91 Å². The van der Waals surface area contributed by atoms with E-state index in [-0.39, 0.29) is 5.91 Å². The van der Waals surface area contributed by atoms with Crippen molar-refractivity contribution in [2.75, 3.05) is 12.4 Å². The molecule has 0 fully saturated rings. The van der Waals surface area contributed by atoms with Gasteiger partial charge >= 0.3 is 0 Å². The molecule has 0 radical (unpaired) electrons. The zero-order valence-electron chi connectivity index (χ0n) is 14.4. The Morgan fingerprint density at radius 2 is 1.78 bits per heavy atom. The lowest BCUT2D eigenvalue weighted by Gasteiger charge is -2.06. The summed E-state index contributed by atoms with van der Waals surface area (Å²) in [6, 6.07) is 20.0. The largest absolute Gasteiger partial charge is 0.497 e. The van der Waals surface area contributed by atoms with Gasteiger partial charge in [0.15, 0.2) is 5.58 Å². The van der Waals surface area contributed by atoms with E-state index >= 15 is 0 Å². The monoisotopic (exact) mass is 422 g/mol. The van der Waals surface area contributed by atoms with Crippen molar-refractivity contribution in [2.45, 2.75) is 0 Å². The van der Waals surface area contributed by atoms with Crippen molar-refractivity contribution >= 4 is 38.6 Å². The van der Waals surface area contributed by atoms with Crippen LogP contribution in [0.1, 0.15) is 10.4 Å². The Bertz CT molecular complexity index is 1100.